The molecule has 0 aromatic carbocycles. The molecular formula is C14H24O5. The summed E-state index contributed by atoms with van der Waals surface area (Å²) in [5.74, 6) is -0.956. The van der Waals surface area contributed by atoms with Crippen LogP contribution in [-0.4, -0.2) is 45.7 Å². The molecule has 0 aromatic heterocycles. The normalized spacial score (nSPS) is 28.9. The fourth-order valence-electron chi connectivity index (χ4n) is 2.26. The Hall–Kier alpha value is -0.910. The summed E-state index contributed by atoms with van der Waals surface area (Å²) in [5.41, 5.74) is 0. The first-order chi connectivity index (χ1) is 9.04. The quantitative estimate of drug-likeness (QED) is 0.460. The summed E-state index contributed by atoms with van der Waals surface area (Å²) < 4.78 is 5.39. The summed E-state index contributed by atoms with van der Waals surface area (Å²) in [4.78, 5) is 10.6. The van der Waals surface area contributed by atoms with E-state index in [2.05, 4.69) is 6.92 Å². The van der Waals surface area contributed by atoms with Crippen LogP contribution in [0.25, 0.3) is 0 Å². The summed E-state index contributed by atoms with van der Waals surface area (Å²) in [6.45, 7) is 2.13. The SMILES string of the molecule is CCCCCC=C[C@H](O)[C@@H]1O[C@@H](CC(=O)O)C[C@@H]1O. The lowest BCUT2D eigenvalue weighted by atomic mass is 10.0. The van der Waals surface area contributed by atoms with Crippen LogP contribution in [-0.2, 0) is 9.53 Å². The summed E-state index contributed by atoms with van der Waals surface area (Å²) in [6.07, 6.45) is 5.01. The molecule has 0 unspecified atom stereocenters. The number of allylic oxidation sites excluding steroid dienone is 1. The van der Waals surface area contributed by atoms with Crippen LogP contribution in [0.2, 0.25) is 0 Å². The Kier molecular flexibility index (Phi) is 7.05. The molecule has 110 valence electrons. The molecule has 3 N–H and O–H groups in total. The standard InChI is InChI=1S/C14H24O5/c1-2-3-4-5-6-7-11(15)14-12(16)8-10(19-14)9-13(17)18/h6-7,10-12,14-16H,2-5,8-9H2,1H3,(H,17,18)/t10-,11+,12+,14+/m1/s1. The molecule has 1 fully saturated rings. The van der Waals surface area contributed by atoms with Crippen LogP contribution in [0.15, 0.2) is 12.2 Å². The van der Waals surface area contributed by atoms with E-state index in [0.29, 0.717) is 0 Å². The van der Waals surface area contributed by atoms with Crippen molar-refractivity contribution in [2.24, 2.45) is 0 Å². The number of rotatable bonds is 8. The number of unbranched alkanes of at least 4 members (excludes halogenated alkanes) is 3. The zero-order valence-electron chi connectivity index (χ0n) is 11.4. The van der Waals surface area contributed by atoms with Crippen molar-refractivity contribution in [3.8, 4) is 0 Å². The first-order valence-electron chi connectivity index (χ1n) is 6.94. The summed E-state index contributed by atoms with van der Waals surface area (Å²) >= 11 is 0. The van der Waals surface area contributed by atoms with Gasteiger partial charge in [0.05, 0.1) is 18.6 Å². The van der Waals surface area contributed by atoms with Crippen molar-refractivity contribution in [1.29, 1.82) is 0 Å². The lowest BCUT2D eigenvalue weighted by Gasteiger charge is -2.18. The first kappa shape index (κ1) is 16.1. The highest BCUT2D eigenvalue weighted by molar-refractivity contribution is 5.67. The van der Waals surface area contributed by atoms with E-state index < -0.39 is 30.4 Å². The van der Waals surface area contributed by atoms with Gasteiger partial charge in [0.1, 0.15) is 12.2 Å². The molecule has 0 amide bonds. The van der Waals surface area contributed by atoms with Crippen molar-refractivity contribution in [1.82, 2.24) is 0 Å². The Morgan fingerprint density at radius 1 is 1.47 bits per heavy atom. The van der Waals surface area contributed by atoms with Crippen LogP contribution < -0.4 is 0 Å². The molecule has 1 saturated heterocycles. The van der Waals surface area contributed by atoms with Gasteiger partial charge in [0.25, 0.3) is 0 Å². The van der Waals surface area contributed by atoms with E-state index in [1.165, 1.54) is 0 Å². The van der Waals surface area contributed by atoms with Gasteiger partial charge in [0, 0.05) is 6.42 Å². The van der Waals surface area contributed by atoms with E-state index in [4.69, 9.17) is 9.84 Å². The topological polar surface area (TPSA) is 87.0 Å². The third-order valence-corrected chi connectivity index (χ3v) is 3.28. The molecule has 5 nitrogen and oxygen atoms in total. The fraction of sp³-hybridized carbons (Fsp3) is 0.786. The smallest absolute Gasteiger partial charge is 0.305 e. The molecular weight excluding hydrogens is 248 g/mol. The average molecular weight is 272 g/mol. The van der Waals surface area contributed by atoms with Crippen molar-refractivity contribution < 1.29 is 24.9 Å². The maximum atomic E-state index is 10.6. The molecule has 0 aromatic rings. The van der Waals surface area contributed by atoms with Crippen molar-refractivity contribution in [3.63, 3.8) is 0 Å². The van der Waals surface area contributed by atoms with Crippen LogP contribution in [0.4, 0.5) is 0 Å². The zero-order valence-corrected chi connectivity index (χ0v) is 11.4. The Balaban J connectivity index is 2.35. The highest BCUT2D eigenvalue weighted by Gasteiger charge is 2.38. The lowest BCUT2D eigenvalue weighted by molar-refractivity contribution is -0.140. The Morgan fingerprint density at radius 3 is 2.84 bits per heavy atom. The number of ether oxygens (including phenoxy) is 1. The van der Waals surface area contributed by atoms with Crippen molar-refractivity contribution in [2.45, 2.75) is 69.9 Å². The molecule has 1 rings (SSSR count). The molecule has 0 aliphatic carbocycles. The number of aliphatic hydroxyl groups is 2. The van der Waals surface area contributed by atoms with Crippen LogP contribution in [0, 0.1) is 0 Å². The second-order valence-electron chi connectivity index (χ2n) is 5.04. The second-order valence-corrected chi connectivity index (χ2v) is 5.04. The number of carboxylic acid groups (broad SMARTS) is 1. The molecule has 0 radical (unpaired) electrons. The number of carbonyl (C=O) groups is 1. The predicted molar refractivity (Wildman–Crippen MR) is 70.8 cm³/mol. The summed E-state index contributed by atoms with van der Waals surface area (Å²) in [5, 5.41) is 28.4. The number of hydrogen-bond acceptors (Lipinski definition) is 4. The van der Waals surface area contributed by atoms with E-state index in [1.54, 1.807) is 6.08 Å². The van der Waals surface area contributed by atoms with E-state index in [9.17, 15) is 15.0 Å². The highest BCUT2D eigenvalue weighted by Crippen LogP contribution is 2.25. The maximum Gasteiger partial charge on any atom is 0.305 e. The molecule has 0 saturated carbocycles. The monoisotopic (exact) mass is 272 g/mol. The van der Waals surface area contributed by atoms with Crippen molar-refractivity contribution in [2.75, 3.05) is 0 Å². The van der Waals surface area contributed by atoms with Crippen LogP contribution in [0.3, 0.4) is 0 Å². The summed E-state index contributed by atoms with van der Waals surface area (Å²) in [6, 6.07) is 0. The van der Waals surface area contributed by atoms with Crippen molar-refractivity contribution >= 4 is 5.97 Å². The maximum absolute atomic E-state index is 10.6. The van der Waals surface area contributed by atoms with E-state index >= 15 is 0 Å². The predicted octanol–water partition coefficient (Wildman–Crippen LogP) is 1.48. The third kappa shape index (κ3) is 5.72. The highest BCUT2D eigenvalue weighted by atomic mass is 16.5. The van der Waals surface area contributed by atoms with Crippen molar-refractivity contribution in [3.05, 3.63) is 12.2 Å². The Labute approximate surface area is 113 Å². The molecule has 1 heterocycles. The van der Waals surface area contributed by atoms with Crippen LogP contribution in [0.5, 0.6) is 0 Å². The Morgan fingerprint density at radius 2 is 2.21 bits per heavy atom. The van der Waals surface area contributed by atoms with E-state index in [1.807, 2.05) is 6.08 Å². The minimum Gasteiger partial charge on any atom is -0.481 e. The van der Waals surface area contributed by atoms with Gasteiger partial charge in [-0.05, 0) is 12.8 Å². The lowest BCUT2D eigenvalue weighted by Crippen LogP contribution is -2.33. The average Bonchev–Trinajstić information content (AvgIpc) is 2.68. The van der Waals surface area contributed by atoms with Gasteiger partial charge in [-0.3, -0.25) is 4.79 Å². The second kappa shape index (κ2) is 8.30. The summed E-state index contributed by atoms with van der Waals surface area (Å²) in [7, 11) is 0. The van der Waals surface area contributed by atoms with Gasteiger partial charge in [0.2, 0.25) is 0 Å². The molecule has 1 aliphatic rings. The Bertz CT molecular complexity index is 302. The third-order valence-electron chi connectivity index (χ3n) is 3.28. The van der Waals surface area contributed by atoms with Gasteiger partial charge in [-0.1, -0.05) is 31.9 Å². The largest absolute Gasteiger partial charge is 0.481 e. The van der Waals surface area contributed by atoms with Gasteiger partial charge in [0.15, 0.2) is 0 Å². The molecule has 4 atom stereocenters. The number of aliphatic carboxylic acids is 1. The number of hydrogen-bond donors (Lipinski definition) is 3. The van der Waals surface area contributed by atoms with Gasteiger partial charge in [-0.25, -0.2) is 0 Å². The number of carboxylic acids is 1. The zero-order chi connectivity index (χ0) is 14.3. The molecule has 1 aliphatic heterocycles. The van der Waals surface area contributed by atoms with Gasteiger partial charge < -0.3 is 20.1 Å². The number of aliphatic hydroxyl groups excluding tert-OH is 2. The molecule has 0 bridgehead atoms. The fourth-order valence-corrected chi connectivity index (χ4v) is 2.26. The van der Waals surface area contributed by atoms with E-state index in [-0.39, 0.29) is 12.8 Å². The first-order valence-corrected chi connectivity index (χ1v) is 6.94. The van der Waals surface area contributed by atoms with Crippen LogP contribution >= 0.6 is 0 Å². The van der Waals surface area contributed by atoms with E-state index in [0.717, 1.165) is 25.7 Å². The van der Waals surface area contributed by atoms with Gasteiger partial charge in [-0.15, -0.1) is 0 Å². The van der Waals surface area contributed by atoms with Crippen LogP contribution in [0.1, 0.15) is 45.4 Å². The molecule has 0 spiro atoms. The van der Waals surface area contributed by atoms with Gasteiger partial charge >= 0.3 is 5.97 Å². The minimum atomic E-state index is -0.956. The van der Waals surface area contributed by atoms with Gasteiger partial charge in [-0.2, -0.15) is 0 Å². The molecule has 5 heteroatoms. The molecule has 19 heavy (non-hydrogen) atoms. The minimum absolute atomic E-state index is 0.138.